The number of nitrogens with zero attached hydrogens (tertiary/aromatic N) is 6. The number of carbonyl (C=O) groups excluding carboxylic acids is 1. The molecule has 1 aliphatic heterocycles. The normalized spacial score (nSPS) is 14.0. The van der Waals surface area contributed by atoms with Crippen LogP contribution in [0.5, 0.6) is 0 Å². The minimum absolute atomic E-state index is 0.0527. The van der Waals surface area contributed by atoms with Crippen LogP contribution in [0, 0.1) is 17.0 Å². The zero-order valence-electron chi connectivity index (χ0n) is 16.5. The van der Waals surface area contributed by atoms with Gasteiger partial charge < -0.3 is 9.80 Å². The van der Waals surface area contributed by atoms with E-state index in [0.29, 0.717) is 53.4 Å². The molecule has 0 bridgehead atoms. The molecule has 3 aromatic rings. The summed E-state index contributed by atoms with van der Waals surface area (Å²) >= 11 is 12.1. The average Bonchev–Trinajstić information content (AvgIpc) is 3.15. The molecular weight excluding hydrogens is 443 g/mol. The van der Waals surface area contributed by atoms with Crippen molar-refractivity contribution in [1.29, 1.82) is 0 Å². The topological polar surface area (TPSA) is 97.4 Å². The lowest BCUT2D eigenvalue weighted by atomic mass is 10.2. The molecule has 0 radical (unpaired) electrons. The van der Waals surface area contributed by atoms with Crippen LogP contribution in [0.2, 0.25) is 10.0 Å². The van der Waals surface area contributed by atoms with Crippen LogP contribution in [-0.4, -0.2) is 56.7 Å². The third-order valence-electron chi connectivity index (χ3n) is 5.08. The first-order valence-electron chi connectivity index (χ1n) is 9.52. The van der Waals surface area contributed by atoms with Crippen molar-refractivity contribution >= 4 is 40.5 Å². The number of hydrogen-bond donors (Lipinski definition) is 0. The molecule has 0 unspecified atom stereocenters. The molecule has 4 rings (SSSR count). The summed E-state index contributed by atoms with van der Waals surface area (Å²) < 4.78 is 1.54. The van der Waals surface area contributed by atoms with Crippen LogP contribution in [0.15, 0.2) is 42.5 Å². The number of hydrogen-bond acceptors (Lipinski definition) is 6. The van der Waals surface area contributed by atoms with Crippen LogP contribution in [0.3, 0.4) is 0 Å². The first-order valence-corrected chi connectivity index (χ1v) is 10.3. The Morgan fingerprint density at radius 1 is 1.06 bits per heavy atom. The Hall–Kier alpha value is -3.17. The predicted molar refractivity (Wildman–Crippen MR) is 117 cm³/mol. The fourth-order valence-corrected chi connectivity index (χ4v) is 3.92. The highest BCUT2D eigenvalue weighted by Crippen LogP contribution is 2.31. The molecule has 2 aromatic carbocycles. The second-order valence-electron chi connectivity index (χ2n) is 7.02. The van der Waals surface area contributed by atoms with Gasteiger partial charge in [-0.05, 0) is 31.2 Å². The number of aromatic nitrogens is 3. The zero-order chi connectivity index (χ0) is 22.1. The maximum Gasteiger partial charge on any atom is 0.294 e. The van der Waals surface area contributed by atoms with Crippen molar-refractivity contribution in [3.8, 4) is 5.69 Å². The van der Waals surface area contributed by atoms with Gasteiger partial charge in [0.05, 0.1) is 15.6 Å². The van der Waals surface area contributed by atoms with Crippen molar-refractivity contribution < 1.29 is 9.72 Å². The molecule has 0 saturated carbocycles. The lowest BCUT2D eigenvalue weighted by molar-refractivity contribution is -0.384. The molecule has 1 aromatic heterocycles. The number of nitro benzene ring substituents is 1. The standard InChI is InChI=1S/C20H18Cl2N6O3/c1-13-23-19(24-27(13)16-5-3-2-4-15(16)22)20(29)26-10-8-25(9-11-26)17-7-6-14(21)12-18(17)28(30)31/h2-7,12H,8-11H2,1H3. The van der Waals surface area contributed by atoms with Gasteiger partial charge in [0, 0.05) is 37.3 Å². The van der Waals surface area contributed by atoms with Crippen LogP contribution < -0.4 is 4.90 Å². The van der Waals surface area contributed by atoms with Crippen LogP contribution >= 0.6 is 23.2 Å². The van der Waals surface area contributed by atoms with Crippen molar-refractivity contribution in [2.45, 2.75) is 6.92 Å². The highest BCUT2D eigenvalue weighted by Gasteiger charge is 2.28. The van der Waals surface area contributed by atoms with Crippen molar-refractivity contribution in [2.24, 2.45) is 0 Å². The lowest BCUT2D eigenvalue weighted by Crippen LogP contribution is -2.49. The Morgan fingerprint density at radius 2 is 1.77 bits per heavy atom. The molecule has 0 spiro atoms. The van der Waals surface area contributed by atoms with Crippen molar-refractivity contribution in [2.75, 3.05) is 31.1 Å². The second-order valence-corrected chi connectivity index (χ2v) is 7.86. The number of aryl methyl sites for hydroxylation is 1. The van der Waals surface area contributed by atoms with E-state index in [2.05, 4.69) is 10.1 Å². The van der Waals surface area contributed by atoms with E-state index in [9.17, 15) is 14.9 Å². The van der Waals surface area contributed by atoms with E-state index in [0.717, 1.165) is 0 Å². The summed E-state index contributed by atoms with van der Waals surface area (Å²) in [6, 6.07) is 11.8. The van der Waals surface area contributed by atoms with Gasteiger partial charge >= 0.3 is 0 Å². The first-order chi connectivity index (χ1) is 14.8. The van der Waals surface area contributed by atoms with Crippen molar-refractivity contribution in [3.05, 3.63) is 74.3 Å². The van der Waals surface area contributed by atoms with E-state index in [4.69, 9.17) is 23.2 Å². The van der Waals surface area contributed by atoms with E-state index < -0.39 is 4.92 Å². The van der Waals surface area contributed by atoms with E-state index in [1.54, 1.807) is 40.8 Å². The fourth-order valence-electron chi connectivity index (χ4n) is 3.53. The zero-order valence-corrected chi connectivity index (χ0v) is 18.0. The molecule has 2 heterocycles. The Kier molecular flexibility index (Phi) is 5.79. The molecule has 160 valence electrons. The lowest BCUT2D eigenvalue weighted by Gasteiger charge is -2.35. The summed E-state index contributed by atoms with van der Waals surface area (Å²) in [4.78, 5) is 31.7. The van der Waals surface area contributed by atoms with Gasteiger partial charge in [0.1, 0.15) is 11.5 Å². The van der Waals surface area contributed by atoms with Gasteiger partial charge in [-0.1, -0.05) is 35.3 Å². The van der Waals surface area contributed by atoms with Crippen LogP contribution in [0.1, 0.15) is 16.4 Å². The third-order valence-corrected chi connectivity index (χ3v) is 5.64. The van der Waals surface area contributed by atoms with Gasteiger partial charge in [0.15, 0.2) is 0 Å². The summed E-state index contributed by atoms with van der Waals surface area (Å²) in [6.07, 6.45) is 0. The summed E-state index contributed by atoms with van der Waals surface area (Å²) in [6.45, 7) is 3.41. The molecular formula is C20H18Cl2N6O3. The van der Waals surface area contributed by atoms with Gasteiger partial charge in [0.25, 0.3) is 11.6 Å². The minimum Gasteiger partial charge on any atom is -0.362 e. The van der Waals surface area contributed by atoms with Crippen LogP contribution in [0.25, 0.3) is 5.69 Å². The van der Waals surface area contributed by atoms with E-state index in [-0.39, 0.29) is 17.4 Å². The monoisotopic (exact) mass is 460 g/mol. The largest absolute Gasteiger partial charge is 0.362 e. The van der Waals surface area contributed by atoms with Gasteiger partial charge in [-0.2, -0.15) is 0 Å². The Labute approximate surface area is 187 Å². The Balaban J connectivity index is 1.49. The molecule has 1 saturated heterocycles. The van der Waals surface area contributed by atoms with Crippen LogP contribution in [0.4, 0.5) is 11.4 Å². The van der Waals surface area contributed by atoms with E-state index in [1.807, 2.05) is 17.0 Å². The summed E-state index contributed by atoms with van der Waals surface area (Å²) in [5.41, 5.74) is 1.08. The quantitative estimate of drug-likeness (QED) is 0.434. The highest BCUT2D eigenvalue weighted by molar-refractivity contribution is 6.32. The minimum atomic E-state index is -0.452. The third kappa shape index (κ3) is 4.19. The predicted octanol–water partition coefficient (Wildman–Crippen LogP) is 3.75. The maximum atomic E-state index is 13.0. The fraction of sp³-hybridized carbons (Fsp3) is 0.250. The van der Waals surface area contributed by atoms with Gasteiger partial charge in [-0.15, -0.1) is 5.10 Å². The molecule has 1 aliphatic rings. The number of benzene rings is 2. The molecule has 1 fully saturated rings. The number of carbonyl (C=O) groups is 1. The molecule has 0 atom stereocenters. The number of halogens is 2. The average molecular weight is 461 g/mol. The molecule has 31 heavy (non-hydrogen) atoms. The number of rotatable bonds is 4. The molecule has 0 aliphatic carbocycles. The van der Waals surface area contributed by atoms with E-state index in [1.165, 1.54) is 6.07 Å². The molecule has 1 amide bonds. The number of piperazine rings is 1. The summed E-state index contributed by atoms with van der Waals surface area (Å²) in [5, 5.41) is 16.5. The Bertz CT molecular complexity index is 1160. The highest BCUT2D eigenvalue weighted by atomic mass is 35.5. The van der Waals surface area contributed by atoms with Crippen LogP contribution in [-0.2, 0) is 0 Å². The summed E-state index contributed by atoms with van der Waals surface area (Å²) in [5.74, 6) is 0.342. The number of amides is 1. The first kappa shape index (κ1) is 21.1. The Morgan fingerprint density at radius 3 is 2.45 bits per heavy atom. The SMILES string of the molecule is Cc1nc(C(=O)N2CCN(c3ccc(Cl)cc3[N+](=O)[O-])CC2)nn1-c1ccccc1Cl. The smallest absolute Gasteiger partial charge is 0.294 e. The molecule has 9 nitrogen and oxygen atoms in total. The molecule has 0 N–H and O–H groups in total. The number of anilines is 1. The molecule has 11 heteroatoms. The van der Waals surface area contributed by atoms with Gasteiger partial charge in [0.2, 0.25) is 5.82 Å². The van der Waals surface area contributed by atoms with Gasteiger partial charge in [-0.25, -0.2) is 9.67 Å². The number of para-hydroxylation sites is 1. The van der Waals surface area contributed by atoms with Crippen molar-refractivity contribution in [3.63, 3.8) is 0 Å². The number of nitro groups is 1. The van der Waals surface area contributed by atoms with Gasteiger partial charge in [-0.3, -0.25) is 14.9 Å². The second kappa shape index (κ2) is 8.52. The van der Waals surface area contributed by atoms with E-state index >= 15 is 0 Å². The maximum absolute atomic E-state index is 13.0. The van der Waals surface area contributed by atoms with Crippen molar-refractivity contribution in [1.82, 2.24) is 19.7 Å². The summed E-state index contributed by atoms with van der Waals surface area (Å²) in [7, 11) is 0.